The molecule has 2 aliphatic rings. The molecule has 0 amide bonds. The maximum atomic E-state index is 5.95. The molecule has 2 saturated heterocycles. The first-order valence-corrected chi connectivity index (χ1v) is 9.28. The highest BCUT2D eigenvalue weighted by Crippen LogP contribution is 2.32. The van der Waals surface area contributed by atoms with Gasteiger partial charge in [-0.2, -0.15) is 5.10 Å². The molecule has 130 valence electrons. The Morgan fingerprint density at radius 3 is 2.75 bits per heavy atom. The number of hydrazone groups is 1. The lowest BCUT2D eigenvalue weighted by Gasteiger charge is -2.38. The number of aromatic nitrogens is 2. The summed E-state index contributed by atoms with van der Waals surface area (Å²) >= 11 is 6.41. The molecule has 1 aromatic heterocycles. The van der Waals surface area contributed by atoms with Crippen LogP contribution in [0, 0.1) is 0 Å². The Morgan fingerprint density at radius 2 is 2.08 bits per heavy atom. The molecule has 10 heteroatoms. The zero-order chi connectivity index (χ0) is 17.0. The quantitative estimate of drug-likeness (QED) is 0.345. The van der Waals surface area contributed by atoms with Crippen molar-refractivity contribution >= 4 is 40.0 Å². The minimum absolute atomic E-state index is 0.247. The zero-order valence-electron chi connectivity index (χ0n) is 13.4. The van der Waals surface area contributed by atoms with Crippen molar-refractivity contribution in [2.75, 3.05) is 37.5 Å². The molecule has 0 saturated carbocycles. The highest BCUT2D eigenvalue weighted by molar-refractivity contribution is 8.22. The molecule has 3 N–H and O–H groups in total. The Labute approximate surface area is 150 Å². The highest BCUT2D eigenvalue weighted by atomic mass is 32.2. The van der Waals surface area contributed by atoms with E-state index in [-0.39, 0.29) is 5.84 Å². The summed E-state index contributed by atoms with van der Waals surface area (Å²) < 4.78 is 12.0. The summed E-state index contributed by atoms with van der Waals surface area (Å²) in [7, 11) is 0. The van der Waals surface area contributed by atoms with Crippen LogP contribution in [0.15, 0.2) is 17.5 Å². The van der Waals surface area contributed by atoms with E-state index >= 15 is 0 Å². The highest BCUT2D eigenvalue weighted by Gasteiger charge is 2.40. The summed E-state index contributed by atoms with van der Waals surface area (Å²) in [6, 6.07) is 0. The Hall–Kier alpha value is -1.49. The molecular weight excluding hydrogens is 348 g/mol. The maximum absolute atomic E-state index is 5.95. The third-order valence-corrected chi connectivity index (χ3v) is 5.05. The number of amidine groups is 1. The summed E-state index contributed by atoms with van der Waals surface area (Å²) in [6.07, 6.45) is 6.80. The van der Waals surface area contributed by atoms with Crippen molar-refractivity contribution in [2.45, 2.75) is 18.6 Å². The van der Waals surface area contributed by atoms with Crippen LogP contribution in [0.4, 0.5) is 5.82 Å². The lowest BCUT2D eigenvalue weighted by atomic mass is 10.0. The Morgan fingerprint density at radius 1 is 1.38 bits per heavy atom. The van der Waals surface area contributed by atoms with Gasteiger partial charge in [0.25, 0.3) is 0 Å². The third kappa shape index (κ3) is 3.94. The van der Waals surface area contributed by atoms with Crippen LogP contribution in [0.2, 0.25) is 0 Å². The van der Waals surface area contributed by atoms with Gasteiger partial charge in [0.1, 0.15) is 11.5 Å². The maximum Gasteiger partial charge on any atom is 0.171 e. The summed E-state index contributed by atoms with van der Waals surface area (Å²) in [4.78, 5) is 10.9. The number of nitrogens with one attached hydrogen (secondary N) is 1. The fraction of sp³-hybridized carbons (Fsp3) is 0.571. The predicted molar refractivity (Wildman–Crippen MR) is 98.1 cm³/mol. The molecule has 0 aromatic carbocycles. The first-order valence-electron chi connectivity index (χ1n) is 7.64. The number of nitrogens with two attached hydrogens (primary N) is 1. The molecule has 3 heterocycles. The van der Waals surface area contributed by atoms with Crippen LogP contribution in [-0.2, 0) is 9.47 Å². The summed E-state index contributed by atoms with van der Waals surface area (Å²) in [6.45, 7) is 2.94. The lowest BCUT2D eigenvalue weighted by Crippen LogP contribution is -2.45. The normalized spacial score (nSPS) is 20.4. The molecule has 2 fully saturated rings. The van der Waals surface area contributed by atoms with Gasteiger partial charge < -0.3 is 20.1 Å². The van der Waals surface area contributed by atoms with Gasteiger partial charge >= 0.3 is 0 Å². The number of hydrogen-bond acceptors (Lipinski definition) is 8. The number of ether oxygens (including phenoxy) is 2. The number of piperidine rings is 1. The molecule has 0 aliphatic carbocycles. The van der Waals surface area contributed by atoms with E-state index in [1.807, 2.05) is 6.26 Å². The zero-order valence-corrected chi connectivity index (χ0v) is 15.0. The fourth-order valence-electron chi connectivity index (χ4n) is 2.70. The Bertz CT molecular complexity index is 625. The summed E-state index contributed by atoms with van der Waals surface area (Å²) in [5.41, 5.74) is 9.17. The molecule has 1 aromatic rings. The smallest absolute Gasteiger partial charge is 0.171 e. The van der Waals surface area contributed by atoms with E-state index in [9.17, 15) is 0 Å². The molecular formula is C14H20N6O2S2. The number of rotatable bonds is 3. The van der Waals surface area contributed by atoms with E-state index in [1.165, 1.54) is 11.8 Å². The molecule has 8 nitrogen and oxygen atoms in total. The van der Waals surface area contributed by atoms with Gasteiger partial charge in [0.05, 0.1) is 25.6 Å². The molecule has 1 spiro atoms. The second-order valence-electron chi connectivity index (χ2n) is 5.46. The molecule has 24 heavy (non-hydrogen) atoms. The van der Waals surface area contributed by atoms with Gasteiger partial charge in [-0.05, 0) is 6.26 Å². The average Bonchev–Trinajstić information content (AvgIpc) is 3.08. The van der Waals surface area contributed by atoms with Crippen molar-refractivity contribution in [3.63, 3.8) is 0 Å². The lowest BCUT2D eigenvalue weighted by molar-refractivity contribution is -0.169. The monoisotopic (exact) mass is 368 g/mol. The van der Waals surface area contributed by atoms with Crippen LogP contribution < -0.4 is 16.1 Å². The second-order valence-corrected chi connectivity index (χ2v) is 6.94. The second kappa shape index (κ2) is 7.60. The van der Waals surface area contributed by atoms with Crippen molar-refractivity contribution in [2.24, 2.45) is 10.8 Å². The van der Waals surface area contributed by atoms with Crippen molar-refractivity contribution in [1.29, 1.82) is 0 Å². The predicted octanol–water partition coefficient (Wildman–Crippen LogP) is 0.678. The largest absolute Gasteiger partial charge is 0.380 e. The van der Waals surface area contributed by atoms with Gasteiger partial charge in [-0.3, -0.25) is 10.4 Å². The standard InChI is InChI=1S/C14H20N6O2S2/c1-24-13(23)19-18-12(15)10-8-16-9-11(17-10)20-4-2-14(3-5-20)21-6-7-22-14/h8-9H,2-7H2,1H3,(H2,15,18)(H,19,23). The third-order valence-electron chi connectivity index (χ3n) is 4.00. The number of thiocarbonyl (C=S) groups is 1. The van der Waals surface area contributed by atoms with Gasteiger partial charge in [0.2, 0.25) is 0 Å². The number of anilines is 1. The van der Waals surface area contributed by atoms with Gasteiger partial charge in [-0.1, -0.05) is 24.0 Å². The van der Waals surface area contributed by atoms with Crippen molar-refractivity contribution in [3.05, 3.63) is 18.1 Å². The molecule has 0 unspecified atom stereocenters. The molecule has 0 radical (unpaired) electrons. The van der Waals surface area contributed by atoms with Gasteiger partial charge in [0.15, 0.2) is 15.9 Å². The van der Waals surface area contributed by atoms with Gasteiger partial charge in [-0.15, -0.1) is 0 Å². The van der Waals surface area contributed by atoms with Crippen molar-refractivity contribution in [3.8, 4) is 0 Å². The van der Waals surface area contributed by atoms with Crippen LogP contribution in [-0.4, -0.2) is 58.5 Å². The number of hydrogen-bond donors (Lipinski definition) is 2. The van der Waals surface area contributed by atoms with Crippen LogP contribution in [0.1, 0.15) is 18.5 Å². The molecule has 3 rings (SSSR count). The number of nitrogens with zero attached hydrogens (tertiary/aromatic N) is 4. The average molecular weight is 368 g/mol. The van der Waals surface area contributed by atoms with E-state index in [2.05, 4.69) is 25.4 Å². The van der Waals surface area contributed by atoms with Crippen molar-refractivity contribution in [1.82, 2.24) is 15.4 Å². The Kier molecular flexibility index (Phi) is 5.49. The van der Waals surface area contributed by atoms with Crippen LogP contribution in [0.3, 0.4) is 0 Å². The first-order chi connectivity index (χ1) is 11.6. The van der Waals surface area contributed by atoms with Crippen LogP contribution >= 0.6 is 24.0 Å². The van der Waals surface area contributed by atoms with Gasteiger partial charge in [-0.25, -0.2) is 4.98 Å². The van der Waals surface area contributed by atoms with E-state index in [0.29, 0.717) is 23.2 Å². The van der Waals surface area contributed by atoms with Crippen LogP contribution in [0.5, 0.6) is 0 Å². The van der Waals surface area contributed by atoms with E-state index in [4.69, 9.17) is 27.4 Å². The van der Waals surface area contributed by atoms with Gasteiger partial charge in [0, 0.05) is 25.9 Å². The van der Waals surface area contributed by atoms with E-state index in [1.54, 1.807) is 12.4 Å². The topological polar surface area (TPSA) is 97.9 Å². The minimum Gasteiger partial charge on any atom is -0.380 e. The van der Waals surface area contributed by atoms with Crippen molar-refractivity contribution < 1.29 is 9.47 Å². The first kappa shape index (κ1) is 17.3. The SMILES string of the molecule is CSC(=S)N/N=C(\N)c1cncc(N2CCC3(CC2)OCCO3)n1. The summed E-state index contributed by atoms with van der Waals surface area (Å²) in [5.74, 6) is 0.613. The molecule has 2 aliphatic heterocycles. The fourth-order valence-corrected chi connectivity index (χ4v) is 2.89. The molecule has 0 bridgehead atoms. The van der Waals surface area contributed by atoms with Crippen LogP contribution in [0.25, 0.3) is 0 Å². The number of thioether (sulfide) groups is 1. The van der Waals surface area contributed by atoms with E-state index < -0.39 is 5.79 Å². The molecule has 0 atom stereocenters. The minimum atomic E-state index is -0.403. The summed E-state index contributed by atoms with van der Waals surface area (Å²) in [5, 5.41) is 4.03. The Balaban J connectivity index is 1.66. The van der Waals surface area contributed by atoms with E-state index in [0.717, 1.165) is 31.7 Å².